The highest BCUT2D eigenvalue weighted by Crippen LogP contribution is 2.32. The first kappa shape index (κ1) is 10.1. The Bertz CT molecular complexity index is 496. The number of anilines is 1. The van der Waals surface area contributed by atoms with E-state index >= 15 is 0 Å². The van der Waals surface area contributed by atoms with Gasteiger partial charge in [0.05, 0.1) is 12.6 Å². The van der Waals surface area contributed by atoms with Gasteiger partial charge in [0.15, 0.2) is 0 Å². The monoisotopic (exact) mass is 234 g/mol. The van der Waals surface area contributed by atoms with Crippen LogP contribution in [0, 0.1) is 0 Å². The van der Waals surface area contributed by atoms with Crippen molar-refractivity contribution < 1.29 is 5.11 Å². The lowest BCUT2D eigenvalue weighted by Gasteiger charge is -2.24. The van der Waals surface area contributed by atoms with Crippen LogP contribution in [0.5, 0.6) is 0 Å². The van der Waals surface area contributed by atoms with Gasteiger partial charge in [-0.1, -0.05) is 0 Å². The molecule has 1 saturated heterocycles. The van der Waals surface area contributed by atoms with E-state index in [-0.39, 0.29) is 12.6 Å². The Morgan fingerprint density at radius 2 is 2.44 bits per heavy atom. The molecule has 2 aromatic rings. The summed E-state index contributed by atoms with van der Waals surface area (Å²) in [5.41, 5.74) is 0. The predicted molar refractivity (Wildman–Crippen MR) is 67.1 cm³/mol. The molecule has 0 amide bonds. The number of rotatable bonds is 2. The van der Waals surface area contributed by atoms with Crippen molar-refractivity contribution in [3.63, 3.8) is 0 Å². The number of aliphatic hydroxyl groups is 1. The Morgan fingerprint density at radius 3 is 3.31 bits per heavy atom. The Morgan fingerprint density at radius 1 is 1.50 bits per heavy atom. The van der Waals surface area contributed by atoms with Crippen molar-refractivity contribution in [2.75, 3.05) is 18.1 Å². The number of nitrogens with zero attached hydrogens (tertiary/aromatic N) is 2. The van der Waals surface area contributed by atoms with Crippen molar-refractivity contribution in [1.29, 1.82) is 0 Å². The summed E-state index contributed by atoms with van der Waals surface area (Å²) in [6, 6.07) is 4.42. The van der Waals surface area contributed by atoms with Gasteiger partial charge in [0.1, 0.15) is 5.82 Å². The first-order chi connectivity index (χ1) is 7.90. The highest BCUT2D eigenvalue weighted by Gasteiger charge is 2.26. The fraction of sp³-hybridized carbons (Fsp3) is 0.417. The van der Waals surface area contributed by atoms with Crippen LogP contribution in [-0.2, 0) is 0 Å². The molecule has 1 fully saturated rings. The molecule has 1 unspecified atom stereocenters. The van der Waals surface area contributed by atoms with Gasteiger partial charge in [-0.15, -0.1) is 11.3 Å². The number of pyridine rings is 1. The van der Waals surface area contributed by atoms with Crippen molar-refractivity contribution in [2.24, 2.45) is 0 Å². The average molecular weight is 234 g/mol. The van der Waals surface area contributed by atoms with Crippen LogP contribution >= 0.6 is 11.3 Å². The predicted octanol–water partition coefficient (Wildman–Crippen LogP) is 2.26. The average Bonchev–Trinajstić information content (AvgIpc) is 2.96. The zero-order chi connectivity index (χ0) is 11.0. The van der Waals surface area contributed by atoms with E-state index in [4.69, 9.17) is 0 Å². The molecule has 1 aliphatic rings. The van der Waals surface area contributed by atoms with Gasteiger partial charge in [-0.3, -0.25) is 0 Å². The van der Waals surface area contributed by atoms with E-state index in [1.54, 1.807) is 11.3 Å². The minimum absolute atomic E-state index is 0.224. The van der Waals surface area contributed by atoms with Crippen molar-refractivity contribution in [3.8, 4) is 0 Å². The minimum atomic E-state index is 0.224. The van der Waals surface area contributed by atoms with Crippen LogP contribution < -0.4 is 4.90 Å². The SMILES string of the molecule is OCC1CCCN1c1nccc2sccc12. The van der Waals surface area contributed by atoms with Gasteiger partial charge in [-0.2, -0.15) is 0 Å². The highest BCUT2D eigenvalue weighted by molar-refractivity contribution is 7.17. The highest BCUT2D eigenvalue weighted by atomic mass is 32.1. The molecule has 0 radical (unpaired) electrons. The smallest absolute Gasteiger partial charge is 0.137 e. The number of fused-ring (bicyclic) bond motifs is 1. The van der Waals surface area contributed by atoms with E-state index < -0.39 is 0 Å². The van der Waals surface area contributed by atoms with E-state index in [1.165, 1.54) is 10.1 Å². The van der Waals surface area contributed by atoms with Gasteiger partial charge in [0.25, 0.3) is 0 Å². The fourth-order valence-electron chi connectivity index (χ4n) is 2.41. The minimum Gasteiger partial charge on any atom is -0.394 e. The molecule has 84 valence electrons. The Hall–Kier alpha value is -1.13. The molecule has 1 aliphatic heterocycles. The lowest BCUT2D eigenvalue weighted by molar-refractivity contribution is 0.266. The quantitative estimate of drug-likeness (QED) is 0.866. The van der Waals surface area contributed by atoms with E-state index in [1.807, 2.05) is 12.3 Å². The molecule has 2 aromatic heterocycles. The van der Waals surface area contributed by atoms with E-state index in [0.717, 1.165) is 25.2 Å². The number of thiophene rings is 1. The summed E-state index contributed by atoms with van der Waals surface area (Å²) in [6.07, 6.45) is 4.08. The third kappa shape index (κ3) is 1.49. The second-order valence-electron chi connectivity index (χ2n) is 4.14. The van der Waals surface area contributed by atoms with Gasteiger partial charge < -0.3 is 10.0 Å². The molecule has 4 heteroatoms. The molecular formula is C12H14N2OS. The van der Waals surface area contributed by atoms with Gasteiger partial charge in [-0.25, -0.2) is 4.98 Å². The summed E-state index contributed by atoms with van der Waals surface area (Å²) in [5.74, 6) is 1.04. The molecule has 1 atom stereocenters. The van der Waals surface area contributed by atoms with Gasteiger partial charge in [0, 0.05) is 22.8 Å². The molecule has 3 heterocycles. The third-order valence-electron chi connectivity index (χ3n) is 3.22. The van der Waals surface area contributed by atoms with Crippen LogP contribution in [0.25, 0.3) is 10.1 Å². The zero-order valence-corrected chi connectivity index (χ0v) is 9.78. The molecule has 1 N–H and O–H groups in total. The number of hydrogen-bond acceptors (Lipinski definition) is 4. The zero-order valence-electron chi connectivity index (χ0n) is 8.97. The normalized spacial score (nSPS) is 20.8. The third-order valence-corrected chi connectivity index (χ3v) is 4.10. The summed E-state index contributed by atoms with van der Waals surface area (Å²) >= 11 is 1.74. The lowest BCUT2D eigenvalue weighted by Crippen LogP contribution is -2.32. The maximum Gasteiger partial charge on any atom is 0.137 e. The standard InChI is InChI=1S/C12H14N2OS/c15-8-9-2-1-6-14(9)12-10-4-7-16-11(10)3-5-13-12/h3-5,7,9,15H,1-2,6,8H2. The molecular weight excluding hydrogens is 220 g/mol. The first-order valence-electron chi connectivity index (χ1n) is 5.60. The molecule has 0 spiro atoms. The number of aliphatic hydroxyl groups excluding tert-OH is 1. The number of aromatic nitrogens is 1. The molecule has 0 saturated carbocycles. The van der Waals surface area contributed by atoms with Gasteiger partial charge >= 0.3 is 0 Å². The first-order valence-corrected chi connectivity index (χ1v) is 6.48. The van der Waals surface area contributed by atoms with Crippen molar-refractivity contribution >= 4 is 27.2 Å². The molecule has 3 nitrogen and oxygen atoms in total. The van der Waals surface area contributed by atoms with Crippen LogP contribution in [0.4, 0.5) is 5.82 Å². The second kappa shape index (κ2) is 4.03. The Labute approximate surface area is 98.3 Å². The lowest BCUT2D eigenvalue weighted by atomic mass is 10.2. The van der Waals surface area contributed by atoms with Gasteiger partial charge in [0.2, 0.25) is 0 Å². The molecule has 0 aromatic carbocycles. The maximum atomic E-state index is 9.35. The van der Waals surface area contributed by atoms with E-state index in [0.29, 0.717) is 0 Å². The summed E-state index contributed by atoms with van der Waals surface area (Å²) in [5, 5.41) is 12.7. The summed E-state index contributed by atoms with van der Waals surface area (Å²) in [6.45, 7) is 1.23. The van der Waals surface area contributed by atoms with Crippen LogP contribution in [0.1, 0.15) is 12.8 Å². The molecule has 16 heavy (non-hydrogen) atoms. The largest absolute Gasteiger partial charge is 0.394 e. The Kier molecular flexibility index (Phi) is 2.53. The topological polar surface area (TPSA) is 36.4 Å². The molecule has 0 aliphatic carbocycles. The fourth-order valence-corrected chi connectivity index (χ4v) is 3.19. The second-order valence-corrected chi connectivity index (χ2v) is 5.09. The van der Waals surface area contributed by atoms with E-state index in [2.05, 4.69) is 21.3 Å². The molecule has 0 bridgehead atoms. The van der Waals surface area contributed by atoms with Crippen LogP contribution in [0.3, 0.4) is 0 Å². The maximum absolute atomic E-state index is 9.35. The summed E-state index contributed by atoms with van der Waals surface area (Å²) in [7, 11) is 0. The van der Waals surface area contributed by atoms with Crippen molar-refractivity contribution in [1.82, 2.24) is 4.98 Å². The van der Waals surface area contributed by atoms with Gasteiger partial charge in [-0.05, 0) is 30.4 Å². The number of hydrogen-bond donors (Lipinski definition) is 1. The van der Waals surface area contributed by atoms with Crippen LogP contribution in [0.2, 0.25) is 0 Å². The summed E-state index contributed by atoms with van der Waals surface area (Å²) in [4.78, 5) is 6.73. The van der Waals surface area contributed by atoms with E-state index in [9.17, 15) is 5.11 Å². The van der Waals surface area contributed by atoms with Crippen LogP contribution in [-0.4, -0.2) is 29.3 Å². The molecule has 3 rings (SSSR count). The van der Waals surface area contributed by atoms with Crippen LogP contribution in [0.15, 0.2) is 23.7 Å². The van der Waals surface area contributed by atoms with Crippen molar-refractivity contribution in [2.45, 2.75) is 18.9 Å². The Balaban J connectivity index is 2.07. The van der Waals surface area contributed by atoms with Crippen molar-refractivity contribution in [3.05, 3.63) is 23.7 Å². The summed E-state index contributed by atoms with van der Waals surface area (Å²) < 4.78 is 1.27.